The Morgan fingerprint density at radius 2 is 2.03 bits per heavy atom. The summed E-state index contributed by atoms with van der Waals surface area (Å²) in [6.45, 7) is 1.25. The van der Waals surface area contributed by atoms with E-state index in [9.17, 15) is 9.59 Å². The number of carbonyl (C=O) groups excluding carboxylic acids is 2. The molecule has 0 fully saturated rings. The lowest BCUT2D eigenvalue weighted by Crippen LogP contribution is -2.31. The number of anilines is 1. The Labute approximate surface area is 196 Å². The summed E-state index contributed by atoms with van der Waals surface area (Å²) in [5.74, 6) is 1.01. The Hall–Kier alpha value is -3.78. The van der Waals surface area contributed by atoms with E-state index in [0.717, 1.165) is 17.8 Å². The Balaban J connectivity index is 1.37. The van der Waals surface area contributed by atoms with Crippen LogP contribution in [0.3, 0.4) is 0 Å². The van der Waals surface area contributed by atoms with Gasteiger partial charge in [-0.25, -0.2) is 4.98 Å². The van der Waals surface area contributed by atoms with E-state index >= 15 is 0 Å². The Kier molecular flexibility index (Phi) is 7.26. The number of hydrogen-bond acceptors (Lipinski definition) is 6. The van der Waals surface area contributed by atoms with Crippen molar-refractivity contribution >= 4 is 29.3 Å². The van der Waals surface area contributed by atoms with Crippen molar-refractivity contribution in [3.63, 3.8) is 0 Å². The van der Waals surface area contributed by atoms with Gasteiger partial charge in [-0.3, -0.25) is 9.59 Å². The standard InChI is InChI=1S/C25H23N3O4S/c1-17(29)26-14-23(30)28-19-11-12-24(27-13-19)32-25-16-33-15-22(31-25)21-10-6-5-9-20(21)18-7-3-2-4-8-18/h2-8,10-13,15-16,20H,9,14H2,1H3,(H,26,29)(H,28,30). The second-order valence-electron chi connectivity index (χ2n) is 7.35. The fourth-order valence-electron chi connectivity index (χ4n) is 3.39. The smallest absolute Gasteiger partial charge is 0.298 e. The van der Waals surface area contributed by atoms with Crippen LogP contribution in [0.15, 0.2) is 95.0 Å². The van der Waals surface area contributed by atoms with Crippen molar-refractivity contribution in [3.05, 3.63) is 101 Å². The Morgan fingerprint density at radius 3 is 2.79 bits per heavy atom. The molecule has 0 bridgehead atoms. The van der Waals surface area contributed by atoms with Gasteiger partial charge in [-0.2, -0.15) is 0 Å². The van der Waals surface area contributed by atoms with Crippen molar-refractivity contribution in [2.24, 2.45) is 0 Å². The molecular weight excluding hydrogens is 438 g/mol. The van der Waals surface area contributed by atoms with Crippen LogP contribution in [0.25, 0.3) is 0 Å². The van der Waals surface area contributed by atoms with Gasteiger partial charge in [0.05, 0.1) is 23.8 Å². The molecule has 1 aliphatic heterocycles. The first-order valence-electron chi connectivity index (χ1n) is 10.4. The third-order valence-electron chi connectivity index (χ3n) is 4.92. The van der Waals surface area contributed by atoms with Gasteiger partial charge in [-0.1, -0.05) is 60.3 Å². The molecule has 1 aromatic carbocycles. The van der Waals surface area contributed by atoms with Gasteiger partial charge in [0.15, 0.2) is 0 Å². The van der Waals surface area contributed by atoms with Crippen molar-refractivity contribution < 1.29 is 19.1 Å². The van der Waals surface area contributed by atoms with Gasteiger partial charge < -0.3 is 20.1 Å². The van der Waals surface area contributed by atoms with Crippen molar-refractivity contribution in [2.75, 3.05) is 11.9 Å². The molecule has 2 aromatic rings. The number of benzene rings is 1. The molecule has 1 aromatic heterocycles. The molecule has 0 spiro atoms. The molecule has 7 nitrogen and oxygen atoms in total. The van der Waals surface area contributed by atoms with Crippen LogP contribution in [0.1, 0.15) is 24.8 Å². The zero-order valence-electron chi connectivity index (χ0n) is 18.0. The predicted octanol–water partition coefficient (Wildman–Crippen LogP) is 4.61. The number of rotatable bonds is 7. The molecule has 33 heavy (non-hydrogen) atoms. The summed E-state index contributed by atoms with van der Waals surface area (Å²) in [7, 11) is 0. The van der Waals surface area contributed by atoms with E-state index < -0.39 is 0 Å². The first-order valence-corrected chi connectivity index (χ1v) is 11.4. The van der Waals surface area contributed by atoms with Gasteiger partial charge in [-0.05, 0) is 18.1 Å². The number of aromatic nitrogens is 1. The average Bonchev–Trinajstić information content (AvgIpc) is 2.85. The SMILES string of the molecule is CC(=O)NCC(=O)Nc1ccc(OC2=CSC=C(C3=CC=CCC3c3ccccc3)O2)nc1. The van der Waals surface area contributed by atoms with Crippen molar-refractivity contribution in [1.29, 1.82) is 0 Å². The molecule has 0 saturated heterocycles. The van der Waals surface area contributed by atoms with Crippen LogP contribution >= 0.6 is 11.8 Å². The van der Waals surface area contributed by atoms with Gasteiger partial charge >= 0.3 is 0 Å². The largest absolute Gasteiger partial charge is 0.425 e. The molecule has 4 rings (SSSR count). The van der Waals surface area contributed by atoms with Crippen molar-refractivity contribution in [1.82, 2.24) is 10.3 Å². The minimum absolute atomic E-state index is 0.102. The minimum Gasteiger partial charge on any atom is -0.425 e. The zero-order valence-corrected chi connectivity index (χ0v) is 18.8. The van der Waals surface area contributed by atoms with E-state index in [1.54, 1.807) is 17.5 Å². The minimum atomic E-state index is -0.340. The second-order valence-corrected chi connectivity index (χ2v) is 8.09. The number of carbonyl (C=O) groups is 2. The molecular formula is C25H23N3O4S. The molecule has 168 valence electrons. The maximum atomic E-state index is 11.8. The number of nitrogens with one attached hydrogen (secondary N) is 2. The summed E-state index contributed by atoms with van der Waals surface area (Å²) in [6.07, 6.45) is 8.66. The lowest BCUT2D eigenvalue weighted by molar-refractivity contribution is -0.122. The summed E-state index contributed by atoms with van der Waals surface area (Å²) in [5.41, 5.74) is 2.82. The highest BCUT2D eigenvalue weighted by Gasteiger charge is 2.24. The third kappa shape index (κ3) is 6.14. The molecule has 8 heteroatoms. The van der Waals surface area contributed by atoms with Crippen LogP contribution in [0.4, 0.5) is 5.69 Å². The van der Waals surface area contributed by atoms with Crippen LogP contribution in [0.2, 0.25) is 0 Å². The lowest BCUT2D eigenvalue weighted by Gasteiger charge is -2.25. The molecule has 2 amide bonds. The number of pyridine rings is 1. The third-order valence-corrected chi connectivity index (χ3v) is 5.60. The lowest BCUT2D eigenvalue weighted by atomic mass is 9.84. The Morgan fingerprint density at radius 1 is 1.18 bits per heavy atom. The zero-order chi connectivity index (χ0) is 23.0. The number of nitrogens with zero attached hydrogens (tertiary/aromatic N) is 1. The molecule has 2 heterocycles. The number of ether oxygens (including phenoxy) is 2. The first kappa shape index (κ1) is 22.4. The predicted molar refractivity (Wildman–Crippen MR) is 128 cm³/mol. The molecule has 1 aliphatic carbocycles. The van der Waals surface area contributed by atoms with Gasteiger partial charge in [-0.15, -0.1) is 0 Å². The van der Waals surface area contributed by atoms with Crippen molar-refractivity contribution in [2.45, 2.75) is 19.3 Å². The van der Waals surface area contributed by atoms with Crippen LogP contribution < -0.4 is 15.4 Å². The van der Waals surface area contributed by atoms with Gasteiger partial charge in [0.1, 0.15) is 5.76 Å². The van der Waals surface area contributed by atoms with Crippen LogP contribution in [0.5, 0.6) is 5.88 Å². The second kappa shape index (κ2) is 10.7. The van der Waals surface area contributed by atoms with E-state index in [1.165, 1.54) is 30.4 Å². The number of thioether (sulfide) groups is 1. The maximum absolute atomic E-state index is 11.8. The van der Waals surface area contributed by atoms with E-state index in [1.807, 2.05) is 29.7 Å². The molecule has 2 N–H and O–H groups in total. The quantitative estimate of drug-likeness (QED) is 0.626. The molecule has 2 aliphatic rings. The highest BCUT2D eigenvalue weighted by molar-refractivity contribution is 8.05. The van der Waals surface area contributed by atoms with E-state index in [4.69, 9.17) is 9.47 Å². The molecule has 0 radical (unpaired) electrons. The highest BCUT2D eigenvalue weighted by atomic mass is 32.2. The molecule has 1 unspecified atom stereocenters. The van der Waals surface area contributed by atoms with Crippen LogP contribution in [0, 0.1) is 0 Å². The molecule has 0 saturated carbocycles. The monoisotopic (exact) mass is 461 g/mol. The summed E-state index contributed by atoms with van der Waals surface area (Å²) in [6, 6.07) is 13.7. The van der Waals surface area contributed by atoms with E-state index in [-0.39, 0.29) is 24.3 Å². The fraction of sp³-hybridized carbons (Fsp3) is 0.160. The van der Waals surface area contributed by atoms with E-state index in [2.05, 4.69) is 39.9 Å². The van der Waals surface area contributed by atoms with Crippen molar-refractivity contribution in [3.8, 4) is 5.88 Å². The number of allylic oxidation sites excluding steroid dienone is 4. The average molecular weight is 462 g/mol. The molecule has 1 atom stereocenters. The number of hydrogen-bond donors (Lipinski definition) is 2. The van der Waals surface area contributed by atoms with Crippen LogP contribution in [-0.4, -0.2) is 23.3 Å². The topological polar surface area (TPSA) is 89.6 Å². The van der Waals surface area contributed by atoms with Crippen LogP contribution in [-0.2, 0) is 14.3 Å². The summed E-state index contributed by atoms with van der Waals surface area (Å²) < 4.78 is 11.9. The van der Waals surface area contributed by atoms with Gasteiger partial charge in [0.2, 0.25) is 17.7 Å². The normalized spacial score (nSPS) is 17.1. The summed E-state index contributed by atoms with van der Waals surface area (Å²) in [5, 5.41) is 8.83. The highest BCUT2D eigenvalue weighted by Crippen LogP contribution is 2.39. The number of amides is 2. The van der Waals surface area contributed by atoms with Gasteiger partial charge in [0.25, 0.3) is 5.95 Å². The van der Waals surface area contributed by atoms with E-state index in [0.29, 0.717) is 17.5 Å². The summed E-state index contributed by atoms with van der Waals surface area (Å²) >= 11 is 1.48. The Bertz CT molecular complexity index is 1140. The fourth-order valence-corrected chi connectivity index (χ4v) is 3.97. The summed E-state index contributed by atoms with van der Waals surface area (Å²) in [4.78, 5) is 26.9. The maximum Gasteiger partial charge on any atom is 0.298 e. The van der Waals surface area contributed by atoms with Gasteiger partial charge in [0, 0.05) is 29.9 Å². The first-order chi connectivity index (χ1) is 16.1.